The van der Waals surface area contributed by atoms with Crippen molar-refractivity contribution in [3.05, 3.63) is 81.6 Å². The molecule has 3 rings (SSSR count). The van der Waals surface area contributed by atoms with Crippen LogP contribution in [0.1, 0.15) is 58.4 Å². The van der Waals surface area contributed by atoms with Crippen LogP contribution < -0.4 is 5.32 Å². The number of ether oxygens (including phenoxy) is 1. The molecule has 1 aliphatic carbocycles. The molecule has 1 heterocycles. The maximum atomic E-state index is 13.2. The maximum Gasteiger partial charge on any atom is 0.337 e. The molecular formula is C26H31NO3S. The van der Waals surface area contributed by atoms with E-state index in [1.165, 1.54) is 0 Å². The molecule has 2 aliphatic rings. The second-order valence-corrected chi connectivity index (χ2v) is 9.26. The largest absolute Gasteiger partial charge is 0.462 e. The number of hydrogen-bond acceptors (Lipinski definition) is 5. The van der Waals surface area contributed by atoms with Gasteiger partial charge in [0.25, 0.3) is 0 Å². The summed E-state index contributed by atoms with van der Waals surface area (Å²) in [4.78, 5) is 26.4. The molecule has 1 aliphatic heterocycles. The van der Waals surface area contributed by atoms with Crippen LogP contribution in [0, 0.1) is 5.41 Å². The molecule has 31 heavy (non-hydrogen) atoms. The molecular weight excluding hydrogens is 406 g/mol. The van der Waals surface area contributed by atoms with Gasteiger partial charge in [-0.15, -0.1) is 12.6 Å². The number of esters is 1. The summed E-state index contributed by atoms with van der Waals surface area (Å²) < 4.78 is 5.64. The molecule has 0 aromatic heterocycles. The smallest absolute Gasteiger partial charge is 0.337 e. The first kappa shape index (κ1) is 23.1. The lowest BCUT2D eigenvalue weighted by Gasteiger charge is -2.39. The Balaban J connectivity index is 1.93. The highest BCUT2D eigenvalue weighted by atomic mass is 32.1. The molecule has 0 fully saturated rings. The van der Waals surface area contributed by atoms with E-state index in [-0.39, 0.29) is 17.8 Å². The molecule has 0 bridgehead atoms. The summed E-state index contributed by atoms with van der Waals surface area (Å²) in [6.45, 7) is 8.36. The van der Waals surface area contributed by atoms with Crippen LogP contribution in [0.5, 0.6) is 0 Å². The standard InChI is InChI=1S/C26H31NO3S/c1-5-10-17(6-2)13-14-30-25(29)23-21(18-11-8-7-9-12-18)22-19(27-24(23)31)15-26(3,4)16-20(22)28/h5-12,21,27,31H,13-16H2,1-4H3/b10-5-,17-6+. The third-order valence-electron chi connectivity index (χ3n) is 5.75. The number of allylic oxidation sites excluding steroid dienone is 5. The highest BCUT2D eigenvalue weighted by Gasteiger charge is 2.43. The van der Waals surface area contributed by atoms with Crippen molar-refractivity contribution in [3.63, 3.8) is 0 Å². The van der Waals surface area contributed by atoms with Crippen molar-refractivity contribution < 1.29 is 14.3 Å². The van der Waals surface area contributed by atoms with Gasteiger partial charge in [0.15, 0.2) is 5.78 Å². The fourth-order valence-corrected chi connectivity index (χ4v) is 4.70. The number of dihydropyridines is 1. The van der Waals surface area contributed by atoms with Crippen molar-refractivity contribution in [1.29, 1.82) is 0 Å². The van der Waals surface area contributed by atoms with Crippen LogP contribution in [0.4, 0.5) is 0 Å². The predicted octanol–water partition coefficient (Wildman–Crippen LogP) is 5.61. The summed E-state index contributed by atoms with van der Waals surface area (Å²) in [7, 11) is 0. The summed E-state index contributed by atoms with van der Waals surface area (Å²) in [5, 5.41) is 3.71. The van der Waals surface area contributed by atoms with Crippen LogP contribution in [0.15, 0.2) is 76.0 Å². The predicted molar refractivity (Wildman–Crippen MR) is 128 cm³/mol. The van der Waals surface area contributed by atoms with E-state index in [2.05, 4.69) is 31.8 Å². The summed E-state index contributed by atoms with van der Waals surface area (Å²) in [5.74, 6) is -0.840. The van der Waals surface area contributed by atoms with Gasteiger partial charge in [-0.05, 0) is 36.8 Å². The van der Waals surface area contributed by atoms with E-state index < -0.39 is 11.9 Å². The highest BCUT2D eigenvalue weighted by Crippen LogP contribution is 2.47. The van der Waals surface area contributed by atoms with E-state index in [1.807, 2.05) is 62.4 Å². The second kappa shape index (κ2) is 9.73. The normalized spacial score (nSPS) is 21.3. The summed E-state index contributed by atoms with van der Waals surface area (Å²) >= 11 is 4.62. The van der Waals surface area contributed by atoms with Crippen molar-refractivity contribution in [1.82, 2.24) is 5.32 Å². The number of nitrogens with one attached hydrogen (secondary N) is 1. The van der Waals surface area contributed by atoms with Gasteiger partial charge in [-0.25, -0.2) is 4.79 Å². The fourth-order valence-electron chi connectivity index (χ4n) is 4.34. The molecule has 0 radical (unpaired) electrons. The van der Waals surface area contributed by atoms with Crippen LogP contribution in [0.3, 0.4) is 0 Å². The number of benzene rings is 1. The van der Waals surface area contributed by atoms with Gasteiger partial charge in [-0.3, -0.25) is 4.79 Å². The lowest BCUT2D eigenvalue weighted by molar-refractivity contribution is -0.139. The van der Waals surface area contributed by atoms with Gasteiger partial charge in [0.2, 0.25) is 0 Å². The van der Waals surface area contributed by atoms with E-state index >= 15 is 0 Å². The van der Waals surface area contributed by atoms with E-state index in [4.69, 9.17) is 4.74 Å². The third-order valence-corrected chi connectivity index (χ3v) is 6.10. The third kappa shape index (κ3) is 5.21. The number of carbonyl (C=O) groups excluding carboxylic acids is 2. The zero-order valence-corrected chi connectivity index (χ0v) is 19.6. The van der Waals surface area contributed by atoms with Gasteiger partial charge in [-0.2, -0.15) is 0 Å². The molecule has 0 saturated heterocycles. The van der Waals surface area contributed by atoms with Gasteiger partial charge >= 0.3 is 5.97 Å². The first-order valence-electron chi connectivity index (χ1n) is 10.7. The molecule has 1 unspecified atom stereocenters. The number of hydrogen-bond donors (Lipinski definition) is 2. The first-order valence-corrected chi connectivity index (χ1v) is 11.2. The molecule has 0 spiro atoms. The molecule has 4 nitrogen and oxygen atoms in total. The number of ketones is 1. The van der Waals surface area contributed by atoms with Gasteiger partial charge in [0, 0.05) is 30.0 Å². The van der Waals surface area contributed by atoms with E-state index in [9.17, 15) is 9.59 Å². The first-order chi connectivity index (χ1) is 14.8. The lowest BCUT2D eigenvalue weighted by Crippen LogP contribution is -2.38. The van der Waals surface area contributed by atoms with Crippen molar-refractivity contribution in [2.45, 2.75) is 52.9 Å². The second-order valence-electron chi connectivity index (χ2n) is 8.81. The number of Topliss-reactive ketones (excluding diaryl/α,β-unsaturated/α-hetero) is 1. The van der Waals surface area contributed by atoms with Crippen LogP contribution in [-0.2, 0) is 14.3 Å². The Kier molecular flexibility index (Phi) is 7.26. The Hall–Kier alpha value is -2.53. The van der Waals surface area contributed by atoms with Crippen molar-refractivity contribution >= 4 is 24.4 Å². The number of carbonyl (C=O) groups is 2. The van der Waals surface area contributed by atoms with Crippen molar-refractivity contribution in [3.8, 4) is 0 Å². The maximum absolute atomic E-state index is 13.2. The van der Waals surface area contributed by atoms with E-state index in [0.717, 1.165) is 23.3 Å². The summed E-state index contributed by atoms with van der Waals surface area (Å²) in [6, 6.07) is 9.67. The van der Waals surface area contributed by atoms with Gasteiger partial charge in [0.05, 0.1) is 17.2 Å². The summed E-state index contributed by atoms with van der Waals surface area (Å²) in [5.41, 5.74) is 3.79. The Morgan fingerprint density at radius 2 is 1.94 bits per heavy atom. The van der Waals surface area contributed by atoms with E-state index in [1.54, 1.807) is 0 Å². The quantitative estimate of drug-likeness (QED) is 0.345. The number of thiol groups is 1. The molecule has 1 aromatic carbocycles. The molecule has 5 heteroatoms. The minimum Gasteiger partial charge on any atom is -0.462 e. The topological polar surface area (TPSA) is 55.4 Å². The number of rotatable bonds is 6. The van der Waals surface area contributed by atoms with Crippen LogP contribution >= 0.6 is 12.6 Å². The molecule has 1 N–H and O–H groups in total. The highest BCUT2D eigenvalue weighted by molar-refractivity contribution is 7.84. The van der Waals surface area contributed by atoms with Crippen LogP contribution in [-0.4, -0.2) is 18.4 Å². The van der Waals surface area contributed by atoms with E-state index in [0.29, 0.717) is 29.0 Å². The molecule has 0 amide bonds. The van der Waals surface area contributed by atoms with Gasteiger partial charge in [-0.1, -0.05) is 62.4 Å². The SMILES string of the molecule is C/C=C\C(=C/C)CCOC(=O)C1=C(S)NC2=C(C(=O)CC(C)(C)C2)C1c1ccccc1. The van der Waals surface area contributed by atoms with Crippen molar-refractivity contribution in [2.24, 2.45) is 5.41 Å². The molecule has 1 atom stereocenters. The lowest BCUT2D eigenvalue weighted by atomic mass is 9.69. The van der Waals surface area contributed by atoms with Gasteiger partial charge < -0.3 is 10.1 Å². The molecule has 0 saturated carbocycles. The Morgan fingerprint density at radius 1 is 1.23 bits per heavy atom. The zero-order chi connectivity index (χ0) is 22.6. The Labute approximate surface area is 190 Å². The van der Waals surface area contributed by atoms with Gasteiger partial charge in [0.1, 0.15) is 0 Å². The minimum absolute atomic E-state index is 0.0722. The average Bonchev–Trinajstić information content (AvgIpc) is 2.71. The van der Waals surface area contributed by atoms with Crippen LogP contribution in [0.25, 0.3) is 0 Å². The van der Waals surface area contributed by atoms with Crippen molar-refractivity contribution in [2.75, 3.05) is 6.61 Å². The Morgan fingerprint density at radius 3 is 2.58 bits per heavy atom. The monoisotopic (exact) mass is 437 g/mol. The molecule has 1 aromatic rings. The van der Waals surface area contributed by atoms with Crippen LogP contribution in [0.2, 0.25) is 0 Å². The summed E-state index contributed by atoms with van der Waals surface area (Å²) in [6.07, 6.45) is 7.79. The average molecular weight is 438 g/mol. The Bertz CT molecular complexity index is 983. The molecule has 164 valence electrons. The zero-order valence-electron chi connectivity index (χ0n) is 18.7. The minimum atomic E-state index is -0.474. The fraction of sp³-hybridized carbons (Fsp3) is 0.385.